The summed E-state index contributed by atoms with van der Waals surface area (Å²) in [4.78, 5) is 29.0. The molecule has 1 aliphatic rings. The smallest absolute Gasteiger partial charge is 0.267 e. The normalized spacial score (nSPS) is 17.2. The van der Waals surface area contributed by atoms with Gasteiger partial charge in [0.1, 0.15) is 5.69 Å². The molecule has 3 rings (SSSR count). The Morgan fingerprint density at radius 2 is 2.00 bits per heavy atom. The summed E-state index contributed by atoms with van der Waals surface area (Å²) in [5.74, 6) is 0.0454. The fraction of sp³-hybridized carbons (Fsp3) is 0.333. The first-order valence-electron chi connectivity index (χ1n) is 7.98. The molecule has 0 spiro atoms. The number of aromatic nitrogens is 1. The third kappa shape index (κ3) is 4.00. The highest BCUT2D eigenvalue weighted by Gasteiger charge is 2.27. The molecule has 0 radical (unpaired) electrons. The van der Waals surface area contributed by atoms with Crippen molar-refractivity contribution in [3.05, 3.63) is 59.9 Å². The van der Waals surface area contributed by atoms with Crippen molar-refractivity contribution in [3.8, 4) is 0 Å². The number of aromatic amines is 1. The van der Waals surface area contributed by atoms with Gasteiger partial charge in [-0.25, -0.2) is 0 Å². The second-order valence-electron chi connectivity index (χ2n) is 5.87. The van der Waals surface area contributed by atoms with Crippen LogP contribution in [-0.2, 0) is 11.2 Å². The number of hydrogen-bond acceptors (Lipinski definition) is 2. The average molecular weight is 311 g/mol. The van der Waals surface area contributed by atoms with E-state index in [9.17, 15) is 9.59 Å². The summed E-state index contributed by atoms with van der Waals surface area (Å²) >= 11 is 0. The van der Waals surface area contributed by atoms with E-state index in [1.54, 1.807) is 18.3 Å². The van der Waals surface area contributed by atoms with Gasteiger partial charge in [-0.05, 0) is 30.5 Å². The molecule has 5 nitrogen and oxygen atoms in total. The van der Waals surface area contributed by atoms with E-state index in [0.717, 1.165) is 12.8 Å². The number of carbonyl (C=O) groups is 2. The summed E-state index contributed by atoms with van der Waals surface area (Å²) in [5, 5.41) is 2.98. The van der Waals surface area contributed by atoms with E-state index in [1.165, 1.54) is 5.56 Å². The SMILES string of the molecule is O=C(N[C@H]1CCN(C(=O)CCc2ccccc2)C1)c1ccc[nH]1. The summed E-state index contributed by atoms with van der Waals surface area (Å²) in [7, 11) is 0. The van der Waals surface area contributed by atoms with Gasteiger partial charge in [-0.1, -0.05) is 30.3 Å². The Morgan fingerprint density at radius 3 is 2.74 bits per heavy atom. The quantitative estimate of drug-likeness (QED) is 0.887. The molecule has 2 heterocycles. The molecular formula is C18H21N3O2. The first-order chi connectivity index (χ1) is 11.2. The Balaban J connectivity index is 1.45. The van der Waals surface area contributed by atoms with Gasteiger partial charge < -0.3 is 15.2 Å². The molecule has 1 atom stereocenters. The van der Waals surface area contributed by atoms with E-state index >= 15 is 0 Å². The first-order valence-corrected chi connectivity index (χ1v) is 7.98. The summed E-state index contributed by atoms with van der Waals surface area (Å²) in [5.41, 5.74) is 1.73. The number of carbonyl (C=O) groups excluding carboxylic acids is 2. The van der Waals surface area contributed by atoms with Crippen LogP contribution < -0.4 is 5.32 Å². The zero-order chi connectivity index (χ0) is 16.1. The Hall–Kier alpha value is -2.56. The molecule has 2 amide bonds. The highest BCUT2D eigenvalue weighted by Crippen LogP contribution is 2.13. The van der Waals surface area contributed by atoms with Crippen molar-refractivity contribution in [2.75, 3.05) is 13.1 Å². The van der Waals surface area contributed by atoms with E-state index < -0.39 is 0 Å². The van der Waals surface area contributed by atoms with E-state index in [-0.39, 0.29) is 17.9 Å². The van der Waals surface area contributed by atoms with Crippen molar-refractivity contribution in [1.82, 2.24) is 15.2 Å². The Kier molecular flexibility index (Phi) is 4.76. The van der Waals surface area contributed by atoms with Crippen molar-refractivity contribution in [2.45, 2.75) is 25.3 Å². The van der Waals surface area contributed by atoms with Crippen LogP contribution >= 0.6 is 0 Å². The van der Waals surface area contributed by atoms with E-state index in [4.69, 9.17) is 0 Å². The van der Waals surface area contributed by atoms with Crippen LogP contribution in [0.5, 0.6) is 0 Å². The minimum absolute atomic E-state index is 0.0338. The number of rotatable bonds is 5. The van der Waals surface area contributed by atoms with Crippen LogP contribution in [-0.4, -0.2) is 40.8 Å². The highest BCUT2D eigenvalue weighted by atomic mass is 16.2. The Bertz CT molecular complexity index is 652. The average Bonchev–Trinajstić information content (AvgIpc) is 3.25. The fourth-order valence-electron chi connectivity index (χ4n) is 2.89. The molecule has 0 saturated carbocycles. The van der Waals surface area contributed by atoms with Gasteiger partial charge >= 0.3 is 0 Å². The molecule has 1 aromatic carbocycles. The van der Waals surface area contributed by atoms with Gasteiger partial charge in [0.15, 0.2) is 0 Å². The predicted molar refractivity (Wildman–Crippen MR) is 88.0 cm³/mol. The van der Waals surface area contributed by atoms with Crippen LogP contribution in [0.15, 0.2) is 48.7 Å². The molecule has 1 saturated heterocycles. The Labute approximate surface area is 135 Å². The van der Waals surface area contributed by atoms with Gasteiger partial charge in [0.05, 0.1) is 0 Å². The predicted octanol–water partition coefficient (Wildman–Crippen LogP) is 1.98. The number of amides is 2. The van der Waals surface area contributed by atoms with Crippen LogP contribution in [0.25, 0.3) is 0 Å². The van der Waals surface area contributed by atoms with Gasteiger partial charge in [0.25, 0.3) is 5.91 Å². The lowest BCUT2D eigenvalue weighted by Crippen LogP contribution is -2.38. The Morgan fingerprint density at radius 1 is 1.17 bits per heavy atom. The third-order valence-electron chi connectivity index (χ3n) is 4.19. The van der Waals surface area contributed by atoms with Crippen LogP contribution in [0.3, 0.4) is 0 Å². The molecule has 1 aromatic heterocycles. The molecule has 120 valence electrons. The lowest BCUT2D eigenvalue weighted by Gasteiger charge is -2.17. The molecule has 1 aliphatic heterocycles. The van der Waals surface area contributed by atoms with E-state index in [0.29, 0.717) is 25.2 Å². The van der Waals surface area contributed by atoms with Crippen molar-refractivity contribution >= 4 is 11.8 Å². The van der Waals surface area contributed by atoms with Gasteiger partial charge in [-0.2, -0.15) is 0 Å². The van der Waals surface area contributed by atoms with Crippen LogP contribution in [0.1, 0.15) is 28.9 Å². The zero-order valence-electron chi connectivity index (χ0n) is 13.0. The van der Waals surface area contributed by atoms with E-state index in [1.807, 2.05) is 35.2 Å². The molecule has 5 heteroatoms. The summed E-state index contributed by atoms with van der Waals surface area (Å²) < 4.78 is 0. The third-order valence-corrected chi connectivity index (χ3v) is 4.19. The summed E-state index contributed by atoms with van der Waals surface area (Å²) in [6, 6.07) is 13.6. The second kappa shape index (κ2) is 7.13. The standard InChI is InChI=1S/C18H21N3O2/c22-17(9-8-14-5-2-1-3-6-14)21-12-10-15(13-21)20-18(23)16-7-4-11-19-16/h1-7,11,15,19H,8-10,12-13H2,(H,20,23)/t15-/m0/s1. The number of H-pyrrole nitrogens is 1. The van der Waals surface area contributed by atoms with Crippen molar-refractivity contribution in [1.29, 1.82) is 0 Å². The molecule has 2 N–H and O–H groups in total. The minimum Gasteiger partial charge on any atom is -0.357 e. The molecule has 23 heavy (non-hydrogen) atoms. The van der Waals surface area contributed by atoms with Crippen LogP contribution in [0, 0.1) is 0 Å². The first kappa shape index (κ1) is 15.3. The maximum Gasteiger partial charge on any atom is 0.267 e. The van der Waals surface area contributed by atoms with Gasteiger partial charge in [-0.15, -0.1) is 0 Å². The van der Waals surface area contributed by atoms with Crippen LogP contribution in [0.2, 0.25) is 0 Å². The second-order valence-corrected chi connectivity index (χ2v) is 5.87. The number of nitrogens with zero attached hydrogens (tertiary/aromatic N) is 1. The number of hydrogen-bond donors (Lipinski definition) is 2. The zero-order valence-corrected chi connectivity index (χ0v) is 13.0. The van der Waals surface area contributed by atoms with Gasteiger partial charge in [0, 0.05) is 31.7 Å². The number of likely N-dealkylation sites (tertiary alicyclic amines) is 1. The maximum absolute atomic E-state index is 12.3. The lowest BCUT2D eigenvalue weighted by molar-refractivity contribution is -0.130. The monoisotopic (exact) mass is 311 g/mol. The largest absolute Gasteiger partial charge is 0.357 e. The molecule has 2 aromatic rings. The molecule has 0 unspecified atom stereocenters. The van der Waals surface area contributed by atoms with Crippen molar-refractivity contribution in [2.24, 2.45) is 0 Å². The maximum atomic E-state index is 12.3. The highest BCUT2D eigenvalue weighted by molar-refractivity contribution is 5.92. The molecular weight excluding hydrogens is 290 g/mol. The van der Waals surface area contributed by atoms with Crippen LogP contribution in [0.4, 0.5) is 0 Å². The van der Waals surface area contributed by atoms with Crippen molar-refractivity contribution in [3.63, 3.8) is 0 Å². The minimum atomic E-state index is -0.112. The number of nitrogens with one attached hydrogen (secondary N) is 2. The van der Waals surface area contributed by atoms with Gasteiger partial charge in [-0.3, -0.25) is 9.59 Å². The number of aryl methyl sites for hydroxylation is 1. The topological polar surface area (TPSA) is 65.2 Å². The summed E-state index contributed by atoms with van der Waals surface area (Å²) in [6.07, 6.45) is 3.81. The molecule has 0 aliphatic carbocycles. The fourth-order valence-corrected chi connectivity index (χ4v) is 2.89. The number of benzene rings is 1. The van der Waals surface area contributed by atoms with Gasteiger partial charge in [0.2, 0.25) is 5.91 Å². The molecule has 1 fully saturated rings. The van der Waals surface area contributed by atoms with Crippen molar-refractivity contribution < 1.29 is 9.59 Å². The summed E-state index contributed by atoms with van der Waals surface area (Å²) in [6.45, 7) is 1.31. The molecule has 0 bridgehead atoms. The van der Waals surface area contributed by atoms with E-state index in [2.05, 4.69) is 10.3 Å². The lowest BCUT2D eigenvalue weighted by atomic mass is 10.1.